The number of halogens is 5. The second-order valence-corrected chi connectivity index (χ2v) is 8.99. The van der Waals surface area contributed by atoms with Crippen LogP contribution in [-0.2, 0) is 14.8 Å². The van der Waals surface area contributed by atoms with Crippen LogP contribution in [0, 0.1) is 11.6 Å². The molecule has 3 N–H and O–H groups in total. The summed E-state index contributed by atoms with van der Waals surface area (Å²) in [4.78, 5) is 23.8. The highest BCUT2D eigenvalue weighted by molar-refractivity contribution is 7.92. The highest BCUT2D eigenvalue weighted by Crippen LogP contribution is 2.30. The second-order valence-electron chi connectivity index (χ2n) is 7.31. The van der Waals surface area contributed by atoms with Gasteiger partial charge in [-0.25, -0.2) is 26.8 Å². The summed E-state index contributed by atoms with van der Waals surface area (Å²) < 4.78 is 86.0. The first-order valence-electron chi connectivity index (χ1n) is 9.70. The summed E-state index contributed by atoms with van der Waals surface area (Å²) in [7, 11) is -2.28. The first kappa shape index (κ1) is 27.8. The SMILES string of the molecule is CN1CCN(c2ccc(C(=O)O)cc2NS(=O)(=O)c2ccc(F)c(F)c2)CC1.O=C(O)C(F)(F)F. The van der Waals surface area contributed by atoms with Crippen LogP contribution in [0.4, 0.5) is 33.3 Å². The van der Waals surface area contributed by atoms with Crippen LogP contribution in [0.5, 0.6) is 0 Å². The summed E-state index contributed by atoms with van der Waals surface area (Å²) in [5.74, 6) is -6.42. The fraction of sp³-hybridized carbons (Fsp3) is 0.300. The van der Waals surface area contributed by atoms with Gasteiger partial charge in [-0.3, -0.25) is 4.72 Å². The van der Waals surface area contributed by atoms with Crippen LogP contribution in [0.25, 0.3) is 0 Å². The van der Waals surface area contributed by atoms with Crippen molar-refractivity contribution in [2.24, 2.45) is 0 Å². The number of nitrogens with one attached hydrogen (secondary N) is 1. The molecule has 1 aliphatic rings. The number of piperazine rings is 1. The predicted molar refractivity (Wildman–Crippen MR) is 114 cm³/mol. The summed E-state index contributed by atoms with van der Waals surface area (Å²) >= 11 is 0. The van der Waals surface area contributed by atoms with Crippen LogP contribution in [0.1, 0.15) is 10.4 Å². The normalized spacial score (nSPS) is 14.6. The van der Waals surface area contributed by atoms with Gasteiger partial charge in [0.15, 0.2) is 11.6 Å². The molecule has 1 aliphatic heterocycles. The lowest BCUT2D eigenvalue weighted by molar-refractivity contribution is -0.192. The second kappa shape index (κ2) is 10.9. The molecule has 0 aliphatic carbocycles. The summed E-state index contributed by atoms with van der Waals surface area (Å²) in [6, 6.07) is 6.39. The Bertz CT molecular complexity index is 1200. The Kier molecular flexibility index (Phi) is 8.62. The van der Waals surface area contributed by atoms with Gasteiger partial charge in [0, 0.05) is 26.2 Å². The summed E-state index contributed by atoms with van der Waals surface area (Å²) in [6.07, 6.45) is -5.08. The molecular formula is C20H20F5N3O6S. The molecule has 2 aromatic rings. The number of carbonyl (C=O) groups is 2. The molecule has 0 spiro atoms. The number of carboxylic acid groups (broad SMARTS) is 2. The third kappa shape index (κ3) is 7.51. The van der Waals surface area contributed by atoms with Gasteiger partial charge in [-0.15, -0.1) is 0 Å². The van der Waals surface area contributed by atoms with E-state index in [-0.39, 0.29) is 11.3 Å². The zero-order valence-corrected chi connectivity index (χ0v) is 18.8. The molecule has 1 saturated heterocycles. The molecule has 0 aromatic heterocycles. The van der Waals surface area contributed by atoms with E-state index in [1.165, 1.54) is 18.2 Å². The summed E-state index contributed by atoms with van der Waals surface area (Å²) in [6.45, 7) is 2.78. The van der Waals surface area contributed by atoms with E-state index in [9.17, 15) is 40.3 Å². The zero-order valence-electron chi connectivity index (χ0n) is 18.0. The molecule has 15 heteroatoms. The quantitative estimate of drug-likeness (QED) is 0.509. The summed E-state index contributed by atoms with van der Waals surface area (Å²) in [5.41, 5.74) is 0.485. The van der Waals surface area contributed by atoms with Crippen LogP contribution in [-0.4, -0.2) is 74.9 Å². The minimum Gasteiger partial charge on any atom is -0.478 e. The van der Waals surface area contributed by atoms with Crippen molar-refractivity contribution < 1.29 is 50.2 Å². The fourth-order valence-electron chi connectivity index (χ4n) is 2.92. The number of hydrogen-bond acceptors (Lipinski definition) is 6. The van der Waals surface area contributed by atoms with E-state index in [1.54, 1.807) is 0 Å². The van der Waals surface area contributed by atoms with Crippen LogP contribution < -0.4 is 9.62 Å². The van der Waals surface area contributed by atoms with Gasteiger partial charge in [0.25, 0.3) is 10.0 Å². The third-order valence-electron chi connectivity index (χ3n) is 4.78. The molecule has 0 radical (unpaired) electrons. The van der Waals surface area contributed by atoms with Crippen LogP contribution >= 0.6 is 0 Å². The van der Waals surface area contributed by atoms with Crippen LogP contribution in [0.15, 0.2) is 41.3 Å². The molecule has 0 unspecified atom stereocenters. The zero-order chi connectivity index (χ0) is 26.6. The van der Waals surface area contributed by atoms with Gasteiger partial charge in [-0.05, 0) is 43.4 Å². The Hall–Kier alpha value is -3.46. The van der Waals surface area contributed by atoms with Crippen molar-refractivity contribution in [2.75, 3.05) is 42.8 Å². The van der Waals surface area contributed by atoms with Crippen LogP contribution in [0.2, 0.25) is 0 Å². The Labute approximate surface area is 196 Å². The van der Waals surface area contributed by atoms with Crippen molar-refractivity contribution in [3.63, 3.8) is 0 Å². The van der Waals surface area contributed by atoms with Crippen molar-refractivity contribution >= 4 is 33.3 Å². The molecular weight excluding hydrogens is 505 g/mol. The maximum absolute atomic E-state index is 13.5. The molecule has 3 rings (SSSR count). The molecule has 2 aromatic carbocycles. The maximum atomic E-state index is 13.5. The maximum Gasteiger partial charge on any atom is 0.490 e. The van der Waals surface area contributed by atoms with Gasteiger partial charge >= 0.3 is 18.1 Å². The lowest BCUT2D eigenvalue weighted by atomic mass is 10.1. The number of carboxylic acids is 2. The van der Waals surface area contributed by atoms with Crippen LogP contribution in [0.3, 0.4) is 0 Å². The third-order valence-corrected chi connectivity index (χ3v) is 6.14. The van der Waals surface area contributed by atoms with Gasteiger partial charge in [-0.2, -0.15) is 13.2 Å². The molecule has 0 saturated carbocycles. The van der Waals surface area contributed by atoms with Gasteiger partial charge in [0.1, 0.15) is 0 Å². The number of sulfonamides is 1. The number of nitrogens with zero attached hydrogens (tertiary/aromatic N) is 2. The molecule has 0 bridgehead atoms. The highest BCUT2D eigenvalue weighted by Gasteiger charge is 2.38. The Morgan fingerprint density at radius 3 is 2.00 bits per heavy atom. The number of benzene rings is 2. The minimum absolute atomic E-state index is 0.0641. The average molecular weight is 525 g/mol. The number of likely N-dealkylation sites (N-methyl/N-ethyl adjacent to an activating group) is 1. The monoisotopic (exact) mass is 525 g/mol. The van der Waals surface area contributed by atoms with Gasteiger partial charge in [0.05, 0.1) is 21.8 Å². The number of alkyl halides is 3. The lowest BCUT2D eigenvalue weighted by Gasteiger charge is -2.35. The lowest BCUT2D eigenvalue weighted by Crippen LogP contribution is -2.44. The molecule has 192 valence electrons. The van der Waals surface area contributed by atoms with Crippen molar-refractivity contribution in [1.29, 1.82) is 0 Å². The topological polar surface area (TPSA) is 127 Å². The fourth-order valence-corrected chi connectivity index (χ4v) is 4.00. The van der Waals surface area contributed by atoms with E-state index in [0.29, 0.717) is 24.8 Å². The summed E-state index contributed by atoms with van der Waals surface area (Å²) in [5, 5.41) is 16.4. The van der Waals surface area contributed by atoms with Crippen molar-refractivity contribution in [3.8, 4) is 0 Å². The van der Waals surface area contributed by atoms with Gasteiger partial charge in [0.2, 0.25) is 0 Å². The van der Waals surface area contributed by atoms with E-state index in [2.05, 4.69) is 9.62 Å². The van der Waals surface area contributed by atoms with E-state index < -0.39 is 44.7 Å². The molecule has 0 atom stereocenters. The standard InChI is InChI=1S/C18H19F2N3O4S.C2HF3O2/c1-22-6-8-23(9-7-22)17-5-2-12(18(24)25)10-16(17)21-28(26,27)13-3-4-14(19)15(20)11-13;3-2(4,5)1(6)7/h2-5,10-11,21H,6-9H2,1H3,(H,24,25);(H,6,7). The molecule has 35 heavy (non-hydrogen) atoms. The Morgan fingerprint density at radius 1 is 0.943 bits per heavy atom. The first-order chi connectivity index (χ1) is 16.1. The average Bonchev–Trinajstić information content (AvgIpc) is 2.75. The minimum atomic E-state index is -5.08. The molecule has 9 nitrogen and oxygen atoms in total. The van der Waals surface area contributed by atoms with E-state index in [0.717, 1.165) is 25.2 Å². The number of aromatic carboxylic acids is 1. The largest absolute Gasteiger partial charge is 0.490 e. The number of anilines is 2. The van der Waals surface area contributed by atoms with Crippen molar-refractivity contribution in [3.05, 3.63) is 53.6 Å². The van der Waals surface area contributed by atoms with Crippen molar-refractivity contribution in [2.45, 2.75) is 11.1 Å². The van der Waals surface area contributed by atoms with Crippen molar-refractivity contribution in [1.82, 2.24) is 4.90 Å². The predicted octanol–water partition coefficient (Wildman–Crippen LogP) is 2.85. The molecule has 1 heterocycles. The molecule has 1 fully saturated rings. The Morgan fingerprint density at radius 2 is 1.51 bits per heavy atom. The van der Waals surface area contributed by atoms with E-state index in [1.807, 2.05) is 11.9 Å². The molecule has 0 amide bonds. The van der Waals surface area contributed by atoms with E-state index in [4.69, 9.17) is 9.90 Å². The first-order valence-corrected chi connectivity index (χ1v) is 11.2. The van der Waals surface area contributed by atoms with E-state index >= 15 is 0 Å². The smallest absolute Gasteiger partial charge is 0.478 e. The van der Waals surface area contributed by atoms with Gasteiger partial charge in [-0.1, -0.05) is 0 Å². The van der Waals surface area contributed by atoms with Gasteiger partial charge < -0.3 is 20.0 Å². The number of hydrogen-bond donors (Lipinski definition) is 3. The Balaban J connectivity index is 0.000000540. The highest BCUT2D eigenvalue weighted by atomic mass is 32.2. The number of aliphatic carboxylic acids is 1. The number of rotatable bonds is 5.